The van der Waals surface area contributed by atoms with Gasteiger partial charge in [0.25, 0.3) is 5.91 Å². The number of hydrogen-bond acceptors (Lipinski definition) is 5. The molecular formula is C30H37N3O5. The van der Waals surface area contributed by atoms with Gasteiger partial charge in [-0.2, -0.15) is 0 Å². The molecule has 8 nitrogen and oxygen atoms in total. The second-order valence-corrected chi connectivity index (χ2v) is 10.3. The second kappa shape index (κ2) is 12.4. The van der Waals surface area contributed by atoms with Crippen molar-refractivity contribution in [3.05, 3.63) is 71.8 Å². The molecule has 3 rings (SSSR count). The number of phenolic OH excluding ortho intramolecular Hbond substituents is 1. The number of hydrogen-bond donors (Lipinski definition) is 3. The van der Waals surface area contributed by atoms with Gasteiger partial charge in [0.1, 0.15) is 23.9 Å². The van der Waals surface area contributed by atoms with Crippen molar-refractivity contribution in [3.8, 4) is 5.75 Å². The number of unbranched alkanes of at least 4 members (excludes halogenated alkanes) is 1. The average Bonchev–Trinajstić information content (AvgIpc) is 2.86. The molecule has 38 heavy (non-hydrogen) atoms. The molecule has 0 saturated carbocycles. The SMILES string of the molecule is CCCCN(C(=O)CNC(=O)OC(C)(C)C)C(C(=O)Nc1ccc2ccccc2c1)c1cccc(C)c1O. The van der Waals surface area contributed by atoms with Gasteiger partial charge < -0.3 is 25.4 Å². The lowest BCUT2D eigenvalue weighted by atomic mass is 9.99. The molecule has 8 heteroatoms. The molecule has 202 valence electrons. The van der Waals surface area contributed by atoms with Gasteiger partial charge >= 0.3 is 6.09 Å². The van der Waals surface area contributed by atoms with Gasteiger partial charge in [0.2, 0.25) is 5.91 Å². The van der Waals surface area contributed by atoms with E-state index in [0.29, 0.717) is 23.2 Å². The van der Waals surface area contributed by atoms with Gasteiger partial charge in [0.15, 0.2) is 0 Å². The maximum absolute atomic E-state index is 13.8. The summed E-state index contributed by atoms with van der Waals surface area (Å²) in [7, 11) is 0. The van der Waals surface area contributed by atoms with Gasteiger partial charge in [0.05, 0.1) is 0 Å². The zero-order valence-corrected chi connectivity index (χ0v) is 22.7. The third kappa shape index (κ3) is 7.47. The van der Waals surface area contributed by atoms with Crippen molar-refractivity contribution in [1.29, 1.82) is 0 Å². The summed E-state index contributed by atoms with van der Waals surface area (Å²) in [5.41, 5.74) is 0.747. The Labute approximate surface area is 224 Å². The summed E-state index contributed by atoms with van der Waals surface area (Å²) in [4.78, 5) is 40.9. The Morgan fingerprint density at radius 3 is 2.39 bits per heavy atom. The predicted molar refractivity (Wildman–Crippen MR) is 149 cm³/mol. The first kappa shape index (κ1) is 28.5. The molecule has 0 saturated heterocycles. The number of alkyl carbamates (subject to hydrolysis) is 1. The van der Waals surface area contributed by atoms with Crippen LogP contribution in [0.1, 0.15) is 57.7 Å². The van der Waals surface area contributed by atoms with Crippen LogP contribution in [0.2, 0.25) is 0 Å². The monoisotopic (exact) mass is 519 g/mol. The number of anilines is 1. The highest BCUT2D eigenvalue weighted by atomic mass is 16.6. The molecule has 3 amide bonds. The molecule has 0 aliphatic carbocycles. The molecule has 0 heterocycles. The number of phenols is 1. The van der Waals surface area contributed by atoms with Gasteiger partial charge in [-0.1, -0.05) is 61.9 Å². The molecule has 3 N–H and O–H groups in total. The number of benzene rings is 3. The van der Waals surface area contributed by atoms with Crippen molar-refractivity contribution in [1.82, 2.24) is 10.2 Å². The Bertz CT molecular complexity index is 1300. The number of fused-ring (bicyclic) bond motifs is 1. The quantitative estimate of drug-likeness (QED) is 0.337. The lowest BCUT2D eigenvalue weighted by Crippen LogP contribution is -2.47. The Morgan fingerprint density at radius 2 is 1.71 bits per heavy atom. The molecule has 0 radical (unpaired) electrons. The first-order valence-corrected chi connectivity index (χ1v) is 12.8. The first-order chi connectivity index (χ1) is 18.0. The zero-order valence-electron chi connectivity index (χ0n) is 22.7. The van der Waals surface area contributed by atoms with E-state index in [-0.39, 0.29) is 18.8 Å². The normalized spacial score (nSPS) is 12.0. The van der Waals surface area contributed by atoms with Gasteiger partial charge in [-0.05, 0) is 62.6 Å². The molecule has 0 fully saturated rings. The molecule has 1 unspecified atom stereocenters. The molecule has 0 aromatic heterocycles. The number of para-hydroxylation sites is 1. The number of amides is 3. The van der Waals surface area contributed by atoms with Crippen LogP contribution in [0.3, 0.4) is 0 Å². The Balaban J connectivity index is 1.95. The maximum Gasteiger partial charge on any atom is 0.408 e. The van der Waals surface area contributed by atoms with Crippen LogP contribution in [0.25, 0.3) is 10.8 Å². The van der Waals surface area contributed by atoms with Crippen molar-refractivity contribution in [2.75, 3.05) is 18.4 Å². The number of aromatic hydroxyl groups is 1. The molecule has 0 aliphatic heterocycles. The van der Waals surface area contributed by atoms with Gasteiger partial charge in [-0.25, -0.2) is 4.79 Å². The van der Waals surface area contributed by atoms with E-state index in [1.54, 1.807) is 52.0 Å². The highest BCUT2D eigenvalue weighted by molar-refractivity contribution is 6.00. The number of nitrogens with one attached hydrogen (secondary N) is 2. The molecule has 0 aliphatic rings. The minimum Gasteiger partial charge on any atom is -0.507 e. The summed E-state index contributed by atoms with van der Waals surface area (Å²) in [6, 6.07) is 17.4. The fourth-order valence-electron chi connectivity index (χ4n) is 4.12. The van der Waals surface area contributed by atoms with Crippen molar-refractivity contribution >= 4 is 34.4 Å². The van der Waals surface area contributed by atoms with Gasteiger partial charge in [-0.3, -0.25) is 9.59 Å². The fourth-order valence-corrected chi connectivity index (χ4v) is 4.12. The van der Waals surface area contributed by atoms with Crippen LogP contribution in [0, 0.1) is 6.92 Å². The highest BCUT2D eigenvalue weighted by Gasteiger charge is 2.33. The summed E-state index contributed by atoms with van der Waals surface area (Å²) >= 11 is 0. The summed E-state index contributed by atoms with van der Waals surface area (Å²) in [5.74, 6) is -0.993. The maximum atomic E-state index is 13.8. The van der Waals surface area contributed by atoms with E-state index in [4.69, 9.17) is 4.74 Å². The topological polar surface area (TPSA) is 108 Å². The van der Waals surface area contributed by atoms with E-state index >= 15 is 0 Å². The number of carbonyl (C=O) groups is 3. The number of ether oxygens (including phenoxy) is 1. The molecule has 0 bridgehead atoms. The largest absolute Gasteiger partial charge is 0.507 e. The Morgan fingerprint density at radius 1 is 1.00 bits per heavy atom. The van der Waals surface area contributed by atoms with E-state index in [1.165, 1.54) is 4.90 Å². The standard InChI is InChI=1S/C30H37N3O5/c1-6-7-17-33(25(34)19-31-29(37)38-30(3,4)5)26(24-14-10-11-20(2)27(24)35)28(36)32-23-16-15-21-12-8-9-13-22(21)18-23/h8-16,18,26,35H,6-7,17,19H2,1-5H3,(H,31,37)(H,32,36). The molecule has 3 aromatic carbocycles. The number of carbonyl (C=O) groups excluding carboxylic acids is 3. The van der Waals surface area contributed by atoms with Gasteiger partial charge in [0, 0.05) is 17.8 Å². The number of aryl methyl sites for hydroxylation is 1. The van der Waals surface area contributed by atoms with E-state index in [9.17, 15) is 19.5 Å². The first-order valence-electron chi connectivity index (χ1n) is 12.8. The van der Waals surface area contributed by atoms with Crippen molar-refractivity contribution in [2.45, 2.75) is 59.1 Å². The van der Waals surface area contributed by atoms with E-state index < -0.39 is 29.6 Å². The highest BCUT2D eigenvalue weighted by Crippen LogP contribution is 2.33. The predicted octanol–water partition coefficient (Wildman–Crippen LogP) is 5.69. The average molecular weight is 520 g/mol. The lowest BCUT2D eigenvalue weighted by Gasteiger charge is -2.32. The summed E-state index contributed by atoms with van der Waals surface area (Å²) < 4.78 is 5.25. The molecular weight excluding hydrogens is 482 g/mol. The zero-order chi connectivity index (χ0) is 27.9. The van der Waals surface area contributed by atoms with Crippen molar-refractivity contribution < 1.29 is 24.2 Å². The molecule has 1 atom stereocenters. The number of rotatable bonds is 9. The third-order valence-corrected chi connectivity index (χ3v) is 6.00. The smallest absolute Gasteiger partial charge is 0.408 e. The summed E-state index contributed by atoms with van der Waals surface area (Å²) in [5, 5.41) is 18.3. The minimum atomic E-state index is -1.12. The van der Waals surface area contributed by atoms with E-state index in [2.05, 4.69) is 10.6 Å². The van der Waals surface area contributed by atoms with Crippen LogP contribution in [0.15, 0.2) is 60.7 Å². The Hall–Kier alpha value is -4.07. The van der Waals surface area contributed by atoms with Crippen molar-refractivity contribution in [2.24, 2.45) is 0 Å². The van der Waals surface area contributed by atoms with E-state index in [0.717, 1.165) is 17.2 Å². The lowest BCUT2D eigenvalue weighted by molar-refractivity contribution is -0.138. The van der Waals surface area contributed by atoms with Crippen LogP contribution >= 0.6 is 0 Å². The summed E-state index contributed by atoms with van der Waals surface area (Å²) in [6.07, 6.45) is 0.684. The summed E-state index contributed by atoms with van der Waals surface area (Å²) in [6.45, 7) is 8.82. The van der Waals surface area contributed by atoms with Crippen LogP contribution in [0.4, 0.5) is 10.5 Å². The van der Waals surface area contributed by atoms with Crippen LogP contribution in [-0.2, 0) is 14.3 Å². The minimum absolute atomic E-state index is 0.0550. The fraction of sp³-hybridized carbons (Fsp3) is 0.367. The van der Waals surface area contributed by atoms with Gasteiger partial charge in [-0.15, -0.1) is 0 Å². The number of nitrogens with zero attached hydrogens (tertiary/aromatic N) is 1. The van der Waals surface area contributed by atoms with Crippen molar-refractivity contribution in [3.63, 3.8) is 0 Å². The van der Waals surface area contributed by atoms with Crippen LogP contribution < -0.4 is 10.6 Å². The van der Waals surface area contributed by atoms with E-state index in [1.807, 2.05) is 43.3 Å². The Kier molecular flexibility index (Phi) is 9.34. The third-order valence-electron chi connectivity index (χ3n) is 6.00. The van der Waals surface area contributed by atoms with Crippen LogP contribution in [-0.4, -0.2) is 46.6 Å². The molecule has 3 aromatic rings. The van der Waals surface area contributed by atoms with Crippen LogP contribution in [0.5, 0.6) is 5.75 Å². The second-order valence-electron chi connectivity index (χ2n) is 10.3. The molecule has 0 spiro atoms.